The molecular weight excluding hydrogens is 471 g/mol. The first-order chi connectivity index (χ1) is 18.5. The van der Waals surface area contributed by atoms with Gasteiger partial charge in [0, 0.05) is 41.6 Å². The molecule has 1 saturated carbocycles. The Balaban J connectivity index is 1.21. The lowest BCUT2D eigenvalue weighted by molar-refractivity contribution is 0.240. The minimum Gasteiger partial charge on any atom is -0.371 e. The second-order valence-corrected chi connectivity index (χ2v) is 11.5. The van der Waals surface area contributed by atoms with E-state index in [0.29, 0.717) is 10.9 Å². The molecule has 3 aromatic heterocycles. The number of anilines is 1. The first-order valence-electron chi connectivity index (χ1n) is 13.9. The first-order valence-corrected chi connectivity index (χ1v) is 13.9. The van der Waals surface area contributed by atoms with Crippen LogP contribution in [0.25, 0.3) is 38.9 Å². The van der Waals surface area contributed by atoms with Crippen molar-refractivity contribution in [2.24, 2.45) is 5.41 Å². The van der Waals surface area contributed by atoms with E-state index in [1.807, 2.05) is 32.2 Å². The van der Waals surface area contributed by atoms with Gasteiger partial charge in [0.2, 0.25) is 0 Å². The molecule has 1 aliphatic heterocycles. The van der Waals surface area contributed by atoms with Crippen LogP contribution in [-0.2, 0) is 0 Å². The maximum absolute atomic E-state index is 14.7. The Hall–Kier alpha value is -3.73. The number of rotatable bonds is 3. The fraction of sp³-hybridized carbons (Fsp3) is 0.333. The van der Waals surface area contributed by atoms with Crippen LogP contribution in [-0.4, -0.2) is 27.5 Å². The molecule has 4 heterocycles. The maximum atomic E-state index is 14.7. The van der Waals surface area contributed by atoms with Crippen molar-refractivity contribution in [2.75, 3.05) is 18.0 Å². The molecule has 0 bridgehead atoms. The maximum Gasteiger partial charge on any atom is 0.149 e. The molecule has 0 atom stereocenters. The Labute approximate surface area is 223 Å². The second-order valence-electron chi connectivity index (χ2n) is 11.5. The summed E-state index contributed by atoms with van der Waals surface area (Å²) in [5.74, 6) is -0.285. The zero-order valence-corrected chi connectivity index (χ0v) is 22.2. The van der Waals surface area contributed by atoms with Gasteiger partial charge in [0.1, 0.15) is 17.0 Å². The molecule has 1 aliphatic carbocycles. The predicted octanol–water partition coefficient (Wildman–Crippen LogP) is 8.13. The van der Waals surface area contributed by atoms with E-state index in [-0.39, 0.29) is 5.82 Å². The molecule has 2 fully saturated rings. The van der Waals surface area contributed by atoms with Gasteiger partial charge in [0.05, 0.1) is 11.9 Å². The molecule has 0 amide bonds. The van der Waals surface area contributed by atoms with Gasteiger partial charge in [-0.2, -0.15) is 0 Å². The molecular formula is C33H33FN4. The lowest BCUT2D eigenvalue weighted by Gasteiger charge is -2.41. The Morgan fingerprint density at radius 2 is 1.66 bits per heavy atom. The number of imidazole rings is 1. The topological polar surface area (TPSA) is 33.4 Å². The van der Waals surface area contributed by atoms with E-state index in [2.05, 4.69) is 56.9 Å². The molecule has 1 saturated heterocycles. The number of hydrogen-bond acceptors (Lipinski definition) is 3. The van der Waals surface area contributed by atoms with Gasteiger partial charge in [-0.05, 0) is 104 Å². The highest BCUT2D eigenvalue weighted by Gasteiger charge is 2.37. The van der Waals surface area contributed by atoms with E-state index in [4.69, 9.17) is 4.98 Å². The van der Waals surface area contributed by atoms with Crippen molar-refractivity contribution in [3.8, 4) is 22.4 Å². The van der Waals surface area contributed by atoms with Crippen molar-refractivity contribution in [1.82, 2.24) is 14.4 Å². The molecule has 0 unspecified atom stereocenters. The number of nitrogens with zero attached hydrogens (tertiary/aromatic N) is 4. The van der Waals surface area contributed by atoms with Crippen molar-refractivity contribution < 1.29 is 4.39 Å². The highest BCUT2D eigenvalue weighted by Crippen LogP contribution is 2.45. The molecule has 0 N–H and O–H groups in total. The molecule has 1 spiro atoms. The lowest BCUT2D eigenvalue weighted by atomic mass is 9.78. The van der Waals surface area contributed by atoms with Crippen LogP contribution in [0.2, 0.25) is 0 Å². The molecule has 2 aromatic carbocycles. The average Bonchev–Trinajstić information content (AvgIpc) is 3.55. The quantitative estimate of drug-likeness (QED) is 0.249. The number of pyridine rings is 2. The summed E-state index contributed by atoms with van der Waals surface area (Å²) in [6, 6.07) is 18.9. The Kier molecular flexibility index (Phi) is 5.50. The average molecular weight is 505 g/mol. The summed E-state index contributed by atoms with van der Waals surface area (Å²) in [4.78, 5) is 11.8. The lowest BCUT2D eigenvalue weighted by Crippen LogP contribution is -2.41. The molecule has 7 rings (SSSR count). The van der Waals surface area contributed by atoms with E-state index < -0.39 is 0 Å². The van der Waals surface area contributed by atoms with Crippen LogP contribution in [0.5, 0.6) is 0 Å². The summed E-state index contributed by atoms with van der Waals surface area (Å²) in [5, 5.41) is 0.812. The number of halogens is 1. The summed E-state index contributed by atoms with van der Waals surface area (Å²) in [7, 11) is 0. The van der Waals surface area contributed by atoms with E-state index in [1.165, 1.54) is 56.3 Å². The van der Waals surface area contributed by atoms with E-state index >= 15 is 0 Å². The van der Waals surface area contributed by atoms with Crippen LogP contribution >= 0.6 is 0 Å². The summed E-state index contributed by atoms with van der Waals surface area (Å²) in [6.07, 6.45) is 12.3. The van der Waals surface area contributed by atoms with Crippen molar-refractivity contribution in [1.29, 1.82) is 0 Å². The van der Waals surface area contributed by atoms with Crippen molar-refractivity contribution in [2.45, 2.75) is 52.4 Å². The van der Waals surface area contributed by atoms with Crippen LogP contribution in [0.3, 0.4) is 0 Å². The minimum absolute atomic E-state index is 0.285. The fourth-order valence-corrected chi connectivity index (χ4v) is 6.95. The number of benzene rings is 2. The molecule has 38 heavy (non-hydrogen) atoms. The van der Waals surface area contributed by atoms with Crippen molar-refractivity contribution >= 4 is 22.2 Å². The summed E-state index contributed by atoms with van der Waals surface area (Å²) >= 11 is 0. The Morgan fingerprint density at radius 1 is 0.868 bits per heavy atom. The van der Waals surface area contributed by atoms with Crippen LogP contribution in [0, 0.1) is 25.1 Å². The molecule has 2 aliphatic rings. The van der Waals surface area contributed by atoms with Gasteiger partial charge >= 0.3 is 0 Å². The number of fused-ring (bicyclic) bond motifs is 2. The SMILES string of the molecule is Cc1cc(F)c2nc(C)cc(-c3cnc4cc(-c5ccc(N6CCCC7(CCCC7)C6)cc5)ccn34)c2c1. The van der Waals surface area contributed by atoms with Gasteiger partial charge in [-0.25, -0.2) is 9.37 Å². The third kappa shape index (κ3) is 3.96. The van der Waals surface area contributed by atoms with Gasteiger partial charge in [0.15, 0.2) is 0 Å². The van der Waals surface area contributed by atoms with Gasteiger partial charge in [-0.1, -0.05) is 25.0 Å². The third-order valence-electron chi connectivity index (χ3n) is 8.82. The molecule has 5 heteroatoms. The van der Waals surface area contributed by atoms with E-state index in [9.17, 15) is 4.39 Å². The highest BCUT2D eigenvalue weighted by molar-refractivity contribution is 5.95. The van der Waals surface area contributed by atoms with Gasteiger partial charge in [-0.15, -0.1) is 0 Å². The van der Waals surface area contributed by atoms with Crippen LogP contribution in [0.4, 0.5) is 10.1 Å². The molecule has 0 radical (unpaired) electrons. The van der Waals surface area contributed by atoms with Crippen molar-refractivity contribution in [3.63, 3.8) is 0 Å². The number of piperidine rings is 1. The van der Waals surface area contributed by atoms with Crippen LogP contribution < -0.4 is 4.90 Å². The number of hydrogen-bond donors (Lipinski definition) is 0. The smallest absolute Gasteiger partial charge is 0.149 e. The monoisotopic (exact) mass is 504 g/mol. The zero-order valence-electron chi connectivity index (χ0n) is 22.2. The Bertz CT molecular complexity index is 1660. The van der Waals surface area contributed by atoms with E-state index in [0.717, 1.165) is 45.7 Å². The molecule has 192 valence electrons. The van der Waals surface area contributed by atoms with Gasteiger partial charge in [0.25, 0.3) is 0 Å². The van der Waals surface area contributed by atoms with Crippen LogP contribution in [0.15, 0.2) is 67.0 Å². The third-order valence-corrected chi connectivity index (χ3v) is 8.82. The predicted molar refractivity (Wildman–Crippen MR) is 153 cm³/mol. The number of aromatic nitrogens is 3. The van der Waals surface area contributed by atoms with Crippen LogP contribution in [0.1, 0.15) is 49.8 Å². The standard InChI is InChI=1S/C33H33FN4/c1-22-16-28-27(18-23(2)36-32(28)29(34)17-22)30-20-35-31-19-25(10-15-38(30)31)24-6-8-26(9-7-24)37-14-5-13-33(21-37)11-3-4-12-33/h6-10,15-20H,3-5,11-14,21H2,1-2H3. The van der Waals surface area contributed by atoms with Gasteiger partial charge in [-0.3, -0.25) is 9.38 Å². The summed E-state index contributed by atoms with van der Waals surface area (Å²) in [5.41, 5.74) is 9.06. The summed E-state index contributed by atoms with van der Waals surface area (Å²) < 4.78 is 16.8. The Morgan fingerprint density at radius 3 is 2.47 bits per heavy atom. The van der Waals surface area contributed by atoms with Crippen molar-refractivity contribution in [3.05, 3.63) is 84.1 Å². The first kappa shape index (κ1) is 23.4. The number of aryl methyl sites for hydroxylation is 2. The zero-order chi connectivity index (χ0) is 25.9. The molecule has 4 nitrogen and oxygen atoms in total. The van der Waals surface area contributed by atoms with E-state index in [1.54, 1.807) is 6.07 Å². The normalized spacial score (nSPS) is 17.2. The second kappa shape index (κ2) is 8.93. The fourth-order valence-electron chi connectivity index (χ4n) is 6.95. The highest BCUT2D eigenvalue weighted by atomic mass is 19.1. The minimum atomic E-state index is -0.285. The molecule has 5 aromatic rings. The van der Waals surface area contributed by atoms with Gasteiger partial charge < -0.3 is 4.90 Å². The largest absolute Gasteiger partial charge is 0.371 e. The summed E-state index contributed by atoms with van der Waals surface area (Å²) in [6.45, 7) is 6.19.